The summed E-state index contributed by atoms with van der Waals surface area (Å²) in [6.07, 6.45) is 1.07. The summed E-state index contributed by atoms with van der Waals surface area (Å²) in [4.78, 5) is 10.9. The predicted octanol–water partition coefficient (Wildman–Crippen LogP) is 0.524. The van der Waals surface area contributed by atoms with Crippen LogP contribution in [0.4, 0.5) is 0 Å². The number of aliphatic hydroxyl groups is 1. The lowest BCUT2D eigenvalue weighted by atomic mass is 10.1. The maximum atomic E-state index is 10.9. The Morgan fingerprint density at radius 3 is 2.56 bits per heavy atom. The van der Waals surface area contributed by atoms with Crippen molar-refractivity contribution in [3.8, 4) is 0 Å². The zero-order valence-corrected chi connectivity index (χ0v) is 12.0. The lowest BCUT2D eigenvalue weighted by Gasteiger charge is -2.18. The van der Waals surface area contributed by atoms with Crippen LogP contribution in [0.2, 0.25) is 0 Å². The normalized spacial score (nSPS) is 14.6. The fraction of sp³-hybridized carbons (Fsp3) is 0.923. The number of nitrogens with one attached hydrogen (secondary N) is 2. The molecule has 3 N–H and O–H groups in total. The maximum Gasteiger partial charge on any atom is 0.221 e. The molecule has 0 spiro atoms. The first-order chi connectivity index (χ1) is 8.45. The lowest BCUT2D eigenvalue weighted by molar-refractivity contribution is -0.120. The summed E-state index contributed by atoms with van der Waals surface area (Å²) >= 11 is 0. The summed E-state index contributed by atoms with van der Waals surface area (Å²) in [5.41, 5.74) is 0. The third kappa shape index (κ3) is 10.5. The molecule has 5 nitrogen and oxygen atoms in total. The minimum absolute atomic E-state index is 0.00112. The van der Waals surface area contributed by atoms with E-state index in [0.717, 1.165) is 6.42 Å². The number of hydrogen-bond donors (Lipinski definition) is 3. The molecule has 0 saturated carbocycles. The topological polar surface area (TPSA) is 70.6 Å². The third-order valence-corrected chi connectivity index (χ3v) is 2.56. The largest absolute Gasteiger partial charge is 0.389 e. The van der Waals surface area contributed by atoms with Crippen molar-refractivity contribution in [2.24, 2.45) is 5.92 Å². The van der Waals surface area contributed by atoms with E-state index in [0.29, 0.717) is 32.0 Å². The summed E-state index contributed by atoms with van der Waals surface area (Å²) in [5, 5.41) is 15.2. The van der Waals surface area contributed by atoms with Crippen molar-refractivity contribution in [3.05, 3.63) is 0 Å². The van der Waals surface area contributed by atoms with Crippen LogP contribution >= 0.6 is 0 Å². The van der Waals surface area contributed by atoms with Gasteiger partial charge in [-0.15, -0.1) is 0 Å². The van der Waals surface area contributed by atoms with E-state index in [-0.39, 0.29) is 12.0 Å². The molecule has 0 fully saturated rings. The van der Waals surface area contributed by atoms with Crippen molar-refractivity contribution in [2.75, 3.05) is 26.7 Å². The second-order valence-electron chi connectivity index (χ2n) is 5.05. The second kappa shape index (κ2) is 10.3. The highest BCUT2D eigenvalue weighted by atomic mass is 16.5. The molecule has 0 aliphatic carbocycles. The van der Waals surface area contributed by atoms with E-state index in [1.165, 1.54) is 0 Å². The molecule has 0 aromatic rings. The van der Waals surface area contributed by atoms with Crippen LogP contribution < -0.4 is 10.6 Å². The first kappa shape index (κ1) is 17.4. The number of carbonyl (C=O) groups excluding carboxylic acids is 1. The molecule has 5 heteroatoms. The van der Waals surface area contributed by atoms with Gasteiger partial charge in [0, 0.05) is 26.6 Å². The molecule has 108 valence electrons. The Morgan fingerprint density at radius 2 is 2.00 bits per heavy atom. The third-order valence-electron chi connectivity index (χ3n) is 2.56. The maximum absolute atomic E-state index is 10.9. The quantitative estimate of drug-likeness (QED) is 0.501. The van der Waals surface area contributed by atoms with Crippen molar-refractivity contribution in [3.63, 3.8) is 0 Å². The van der Waals surface area contributed by atoms with E-state index < -0.39 is 6.10 Å². The van der Waals surface area contributed by atoms with Gasteiger partial charge in [0.25, 0.3) is 0 Å². The lowest BCUT2D eigenvalue weighted by Crippen LogP contribution is -2.34. The van der Waals surface area contributed by atoms with Crippen molar-refractivity contribution in [1.29, 1.82) is 0 Å². The van der Waals surface area contributed by atoms with E-state index in [2.05, 4.69) is 24.5 Å². The Morgan fingerprint density at radius 1 is 1.33 bits per heavy atom. The highest BCUT2D eigenvalue weighted by molar-refractivity contribution is 5.75. The van der Waals surface area contributed by atoms with Crippen LogP contribution in [0.1, 0.15) is 33.6 Å². The molecule has 0 aliphatic rings. The first-order valence-electron chi connectivity index (χ1n) is 6.66. The van der Waals surface area contributed by atoms with Crippen LogP contribution in [0.15, 0.2) is 0 Å². The van der Waals surface area contributed by atoms with Crippen LogP contribution in [-0.4, -0.2) is 50.0 Å². The first-order valence-corrected chi connectivity index (χ1v) is 6.66. The molecule has 0 bridgehead atoms. The van der Waals surface area contributed by atoms with E-state index in [9.17, 15) is 9.90 Å². The van der Waals surface area contributed by atoms with Gasteiger partial charge < -0.3 is 20.5 Å². The molecule has 0 aromatic heterocycles. The van der Waals surface area contributed by atoms with Gasteiger partial charge in [-0.25, -0.2) is 0 Å². The average molecular weight is 260 g/mol. The minimum atomic E-state index is -0.524. The molecule has 0 aromatic carbocycles. The zero-order valence-electron chi connectivity index (χ0n) is 12.0. The summed E-state index contributed by atoms with van der Waals surface area (Å²) in [6.45, 7) is 7.67. The van der Waals surface area contributed by atoms with Crippen molar-refractivity contribution in [1.82, 2.24) is 10.6 Å². The summed E-state index contributed by atoms with van der Waals surface area (Å²) in [7, 11) is 1.61. The molecule has 0 saturated heterocycles. The molecular weight excluding hydrogens is 232 g/mol. The smallest absolute Gasteiger partial charge is 0.221 e. The average Bonchev–Trinajstić information content (AvgIpc) is 2.30. The van der Waals surface area contributed by atoms with Gasteiger partial charge in [-0.05, 0) is 19.3 Å². The fourth-order valence-corrected chi connectivity index (χ4v) is 1.66. The Balaban J connectivity index is 3.47. The molecule has 2 atom stereocenters. The molecule has 0 heterocycles. The molecule has 18 heavy (non-hydrogen) atoms. The molecule has 0 rings (SSSR count). The van der Waals surface area contributed by atoms with Crippen LogP contribution in [-0.2, 0) is 9.53 Å². The summed E-state index contributed by atoms with van der Waals surface area (Å²) in [5.74, 6) is 0.599. The van der Waals surface area contributed by atoms with E-state index in [1.54, 1.807) is 7.05 Å². The van der Waals surface area contributed by atoms with Gasteiger partial charge in [-0.1, -0.05) is 13.8 Å². The molecule has 1 amide bonds. The second-order valence-corrected chi connectivity index (χ2v) is 5.05. The van der Waals surface area contributed by atoms with Crippen molar-refractivity contribution >= 4 is 5.91 Å². The van der Waals surface area contributed by atoms with Crippen LogP contribution in [0.5, 0.6) is 0 Å². The molecule has 0 radical (unpaired) electrons. The predicted molar refractivity (Wildman–Crippen MR) is 72.4 cm³/mol. The zero-order chi connectivity index (χ0) is 14.0. The van der Waals surface area contributed by atoms with Crippen LogP contribution in [0.3, 0.4) is 0 Å². The van der Waals surface area contributed by atoms with Gasteiger partial charge in [0.2, 0.25) is 5.91 Å². The number of aliphatic hydroxyl groups excluding tert-OH is 1. The van der Waals surface area contributed by atoms with E-state index in [4.69, 9.17) is 4.74 Å². The van der Waals surface area contributed by atoms with Gasteiger partial charge in [-0.2, -0.15) is 0 Å². The molecule has 0 aliphatic heterocycles. The highest BCUT2D eigenvalue weighted by Gasteiger charge is 2.09. The standard InChI is InChI=1S/C13H28N2O3/c1-10(2)7-11(3)18-9-12(16)8-15-6-5-13(17)14-4/h10-12,15-16H,5-9H2,1-4H3,(H,14,17). The van der Waals surface area contributed by atoms with Gasteiger partial charge in [0.05, 0.1) is 18.8 Å². The Kier molecular flexibility index (Phi) is 9.92. The summed E-state index contributed by atoms with van der Waals surface area (Å²) in [6, 6.07) is 0. The Bertz CT molecular complexity index is 222. The van der Waals surface area contributed by atoms with Crippen molar-refractivity contribution in [2.45, 2.75) is 45.8 Å². The molecular formula is C13H28N2O3. The SMILES string of the molecule is CNC(=O)CCNCC(O)COC(C)CC(C)C. The summed E-state index contributed by atoms with van der Waals surface area (Å²) < 4.78 is 5.54. The van der Waals surface area contributed by atoms with Gasteiger partial charge in [0.1, 0.15) is 0 Å². The highest BCUT2D eigenvalue weighted by Crippen LogP contribution is 2.07. The molecule has 2 unspecified atom stereocenters. The number of hydrogen-bond acceptors (Lipinski definition) is 4. The number of amides is 1. The fourth-order valence-electron chi connectivity index (χ4n) is 1.66. The Labute approximate surface area is 110 Å². The van der Waals surface area contributed by atoms with Crippen LogP contribution in [0, 0.1) is 5.92 Å². The monoisotopic (exact) mass is 260 g/mol. The minimum Gasteiger partial charge on any atom is -0.389 e. The Hall–Kier alpha value is -0.650. The van der Waals surface area contributed by atoms with E-state index in [1.807, 2.05) is 6.92 Å². The number of carbonyl (C=O) groups is 1. The number of rotatable bonds is 10. The van der Waals surface area contributed by atoms with Gasteiger partial charge >= 0.3 is 0 Å². The van der Waals surface area contributed by atoms with Crippen LogP contribution in [0.25, 0.3) is 0 Å². The van der Waals surface area contributed by atoms with Crippen molar-refractivity contribution < 1.29 is 14.6 Å². The van der Waals surface area contributed by atoms with E-state index >= 15 is 0 Å². The number of ether oxygens (including phenoxy) is 1. The van der Waals surface area contributed by atoms with Gasteiger partial charge in [-0.3, -0.25) is 4.79 Å². The van der Waals surface area contributed by atoms with Gasteiger partial charge in [0.15, 0.2) is 0 Å².